The Kier molecular flexibility index (Phi) is 4.00. The minimum atomic E-state index is -0.295. The average molecular weight is 303 g/mol. The fourth-order valence-corrected chi connectivity index (χ4v) is 2.98. The lowest BCUT2D eigenvalue weighted by Gasteiger charge is -2.32. The van der Waals surface area contributed by atoms with E-state index in [1.165, 1.54) is 5.69 Å². The topological polar surface area (TPSA) is 30.9 Å². The van der Waals surface area contributed by atoms with Gasteiger partial charge in [0.05, 0.1) is 17.3 Å². The maximum absolute atomic E-state index is 6.09. The van der Waals surface area contributed by atoms with Gasteiger partial charge in [0, 0.05) is 25.9 Å². The number of ether oxygens (including phenoxy) is 1. The molecule has 2 saturated heterocycles. The first kappa shape index (κ1) is 15.8. The first-order valence-electron chi connectivity index (χ1n) is 8.06. The minimum Gasteiger partial charge on any atom is -0.399 e. The summed E-state index contributed by atoms with van der Waals surface area (Å²) in [6.45, 7) is 10.3. The van der Waals surface area contributed by atoms with Gasteiger partial charge in [-0.1, -0.05) is 12.1 Å². The summed E-state index contributed by atoms with van der Waals surface area (Å²) in [5.41, 5.74) is 1.72. The van der Waals surface area contributed by atoms with E-state index in [9.17, 15) is 0 Å². The van der Waals surface area contributed by atoms with Crippen molar-refractivity contribution in [3.05, 3.63) is 24.3 Å². The van der Waals surface area contributed by atoms with E-state index >= 15 is 0 Å². The number of methoxy groups -OCH3 is 1. The van der Waals surface area contributed by atoms with Crippen LogP contribution in [-0.2, 0) is 14.0 Å². The number of anilines is 1. The Morgan fingerprint density at radius 2 is 1.68 bits per heavy atom. The molecule has 2 heterocycles. The second kappa shape index (κ2) is 5.55. The first-order chi connectivity index (χ1) is 10.3. The van der Waals surface area contributed by atoms with E-state index in [0.717, 1.165) is 25.0 Å². The molecule has 0 unspecified atom stereocenters. The Morgan fingerprint density at radius 3 is 2.18 bits per heavy atom. The lowest BCUT2D eigenvalue weighted by molar-refractivity contribution is 0.00578. The van der Waals surface area contributed by atoms with Crippen LogP contribution in [0.3, 0.4) is 0 Å². The second-order valence-corrected chi connectivity index (χ2v) is 7.27. The molecule has 0 aromatic heterocycles. The van der Waals surface area contributed by atoms with Crippen molar-refractivity contribution in [2.45, 2.75) is 51.4 Å². The molecule has 0 amide bonds. The van der Waals surface area contributed by atoms with E-state index in [1.807, 2.05) is 0 Å². The molecule has 2 fully saturated rings. The Hall–Kier alpha value is -1.04. The molecule has 5 heteroatoms. The monoisotopic (exact) mass is 303 g/mol. The van der Waals surface area contributed by atoms with Crippen molar-refractivity contribution in [2.75, 3.05) is 25.1 Å². The summed E-state index contributed by atoms with van der Waals surface area (Å²) in [7, 11) is 1.50. The normalized spacial score (nSPS) is 26.7. The SMILES string of the molecule is CO[C@H]1CCN(c2ccc(B3OC(C)(C)C(C)(C)O3)cc2)C1. The molecule has 2 aliphatic heterocycles. The van der Waals surface area contributed by atoms with E-state index in [4.69, 9.17) is 14.0 Å². The Labute approximate surface area is 133 Å². The van der Waals surface area contributed by atoms with E-state index in [1.54, 1.807) is 7.11 Å². The molecule has 3 rings (SSSR count). The molecule has 0 bridgehead atoms. The molecular formula is C17H26BNO3. The molecule has 0 aliphatic carbocycles. The van der Waals surface area contributed by atoms with Crippen molar-refractivity contribution in [1.82, 2.24) is 0 Å². The van der Waals surface area contributed by atoms with Crippen LogP contribution in [0.15, 0.2) is 24.3 Å². The lowest BCUT2D eigenvalue weighted by atomic mass is 9.79. The summed E-state index contributed by atoms with van der Waals surface area (Å²) in [6.07, 6.45) is 1.44. The van der Waals surface area contributed by atoms with E-state index in [2.05, 4.69) is 56.9 Å². The highest BCUT2D eigenvalue weighted by molar-refractivity contribution is 6.62. The zero-order valence-corrected chi connectivity index (χ0v) is 14.3. The van der Waals surface area contributed by atoms with Gasteiger partial charge in [-0.3, -0.25) is 0 Å². The number of hydrogen-bond acceptors (Lipinski definition) is 4. The van der Waals surface area contributed by atoms with Gasteiger partial charge in [0.2, 0.25) is 0 Å². The summed E-state index contributed by atoms with van der Waals surface area (Å²) in [5.74, 6) is 0. The zero-order chi connectivity index (χ0) is 16.0. The predicted molar refractivity (Wildman–Crippen MR) is 89.8 cm³/mol. The zero-order valence-electron chi connectivity index (χ0n) is 14.3. The number of rotatable bonds is 3. The summed E-state index contributed by atoms with van der Waals surface area (Å²) < 4.78 is 17.6. The van der Waals surface area contributed by atoms with Gasteiger partial charge in [-0.05, 0) is 51.7 Å². The van der Waals surface area contributed by atoms with Crippen molar-refractivity contribution >= 4 is 18.3 Å². The summed E-state index contributed by atoms with van der Waals surface area (Å²) >= 11 is 0. The molecule has 22 heavy (non-hydrogen) atoms. The minimum absolute atomic E-state index is 0.288. The summed E-state index contributed by atoms with van der Waals surface area (Å²) in [6, 6.07) is 8.52. The van der Waals surface area contributed by atoms with Crippen LogP contribution in [0.25, 0.3) is 0 Å². The quantitative estimate of drug-likeness (QED) is 0.801. The molecule has 2 aliphatic rings. The highest BCUT2D eigenvalue weighted by Gasteiger charge is 2.51. The van der Waals surface area contributed by atoms with Gasteiger partial charge >= 0.3 is 7.12 Å². The Morgan fingerprint density at radius 1 is 1.09 bits per heavy atom. The fourth-order valence-electron chi connectivity index (χ4n) is 2.98. The van der Waals surface area contributed by atoms with Gasteiger partial charge in [-0.2, -0.15) is 0 Å². The highest BCUT2D eigenvalue weighted by atomic mass is 16.7. The van der Waals surface area contributed by atoms with E-state index in [0.29, 0.717) is 6.10 Å². The third kappa shape index (κ3) is 2.77. The standard InChI is InChI=1S/C17H26BNO3/c1-16(2)17(3,4)22-18(21-16)13-6-8-14(9-7-13)19-11-10-15(12-19)20-5/h6-9,15H,10-12H2,1-5H3/t15-/m0/s1. The molecule has 0 spiro atoms. The van der Waals surface area contributed by atoms with Crippen LogP contribution in [0.2, 0.25) is 0 Å². The Balaban J connectivity index is 1.71. The molecule has 120 valence electrons. The maximum Gasteiger partial charge on any atom is 0.494 e. The van der Waals surface area contributed by atoms with E-state index < -0.39 is 0 Å². The molecule has 0 saturated carbocycles. The van der Waals surface area contributed by atoms with Gasteiger partial charge in [0.1, 0.15) is 0 Å². The van der Waals surface area contributed by atoms with Crippen LogP contribution < -0.4 is 10.4 Å². The highest BCUT2D eigenvalue weighted by Crippen LogP contribution is 2.36. The Bertz CT molecular complexity index is 513. The lowest BCUT2D eigenvalue weighted by Crippen LogP contribution is -2.41. The predicted octanol–water partition coefficient (Wildman–Crippen LogP) is 2.21. The number of nitrogens with zero attached hydrogens (tertiary/aromatic N) is 1. The molecule has 1 atom stereocenters. The molecule has 4 nitrogen and oxygen atoms in total. The summed E-state index contributed by atoms with van der Waals surface area (Å²) in [4.78, 5) is 2.36. The van der Waals surface area contributed by atoms with Crippen LogP contribution in [0.4, 0.5) is 5.69 Å². The summed E-state index contributed by atoms with van der Waals surface area (Å²) in [5, 5.41) is 0. The van der Waals surface area contributed by atoms with Gasteiger partial charge in [0.15, 0.2) is 0 Å². The van der Waals surface area contributed by atoms with Crippen LogP contribution in [0.1, 0.15) is 34.1 Å². The van der Waals surface area contributed by atoms with Gasteiger partial charge in [0.25, 0.3) is 0 Å². The maximum atomic E-state index is 6.09. The van der Waals surface area contributed by atoms with Crippen LogP contribution in [0.5, 0.6) is 0 Å². The van der Waals surface area contributed by atoms with Crippen molar-refractivity contribution < 1.29 is 14.0 Å². The molecular weight excluding hydrogens is 277 g/mol. The first-order valence-corrected chi connectivity index (χ1v) is 8.06. The van der Waals surface area contributed by atoms with Crippen LogP contribution in [-0.4, -0.2) is 44.6 Å². The van der Waals surface area contributed by atoms with Gasteiger partial charge in [-0.15, -0.1) is 0 Å². The smallest absolute Gasteiger partial charge is 0.399 e. The van der Waals surface area contributed by atoms with Gasteiger partial charge in [-0.25, -0.2) is 0 Å². The third-order valence-electron chi connectivity index (χ3n) is 5.26. The van der Waals surface area contributed by atoms with Gasteiger partial charge < -0.3 is 18.9 Å². The van der Waals surface area contributed by atoms with Crippen LogP contribution >= 0.6 is 0 Å². The molecule has 1 aromatic carbocycles. The third-order valence-corrected chi connectivity index (χ3v) is 5.26. The van der Waals surface area contributed by atoms with Crippen LogP contribution in [0, 0.1) is 0 Å². The van der Waals surface area contributed by atoms with Crippen molar-refractivity contribution in [3.63, 3.8) is 0 Å². The number of hydrogen-bond donors (Lipinski definition) is 0. The van der Waals surface area contributed by atoms with Crippen molar-refractivity contribution in [3.8, 4) is 0 Å². The molecule has 0 N–H and O–H groups in total. The second-order valence-electron chi connectivity index (χ2n) is 7.27. The number of benzene rings is 1. The fraction of sp³-hybridized carbons (Fsp3) is 0.647. The van der Waals surface area contributed by atoms with Crippen molar-refractivity contribution in [2.24, 2.45) is 0 Å². The molecule has 0 radical (unpaired) electrons. The van der Waals surface area contributed by atoms with E-state index in [-0.39, 0.29) is 18.3 Å². The molecule has 1 aromatic rings. The largest absolute Gasteiger partial charge is 0.494 e. The average Bonchev–Trinajstić information content (AvgIpc) is 3.02. The van der Waals surface area contributed by atoms with Crippen molar-refractivity contribution in [1.29, 1.82) is 0 Å².